The second kappa shape index (κ2) is 7.11. The van der Waals surface area contributed by atoms with Gasteiger partial charge in [-0.15, -0.1) is 0 Å². The standard InChI is InChI=1S/C13H16Br2F2N2/c14-3-4-18-5-7-19(8-6-18)9-10-12(16)2-1-11(15)13(10)17/h1-2H,3-9H2. The molecule has 6 heteroatoms. The lowest BCUT2D eigenvalue weighted by molar-refractivity contribution is 0.130. The Kier molecular flexibility index (Phi) is 5.74. The van der Waals surface area contributed by atoms with Crippen molar-refractivity contribution in [2.45, 2.75) is 6.54 Å². The third-order valence-electron chi connectivity index (χ3n) is 3.39. The van der Waals surface area contributed by atoms with Crippen LogP contribution in [0, 0.1) is 11.6 Å². The van der Waals surface area contributed by atoms with E-state index in [1.54, 1.807) is 0 Å². The number of benzene rings is 1. The van der Waals surface area contributed by atoms with Crippen molar-refractivity contribution in [3.63, 3.8) is 0 Å². The average Bonchev–Trinajstić information content (AvgIpc) is 2.41. The first-order valence-electron chi connectivity index (χ1n) is 6.25. The van der Waals surface area contributed by atoms with Crippen molar-refractivity contribution in [1.82, 2.24) is 9.80 Å². The summed E-state index contributed by atoms with van der Waals surface area (Å²) in [4.78, 5) is 4.44. The van der Waals surface area contributed by atoms with Gasteiger partial charge in [0.1, 0.15) is 11.6 Å². The molecular weight excluding hydrogens is 382 g/mol. The SMILES string of the molecule is Fc1ccc(Br)c(F)c1CN1CCN(CCBr)CC1. The summed E-state index contributed by atoms with van der Waals surface area (Å²) in [5, 5.41) is 0.960. The molecule has 2 nitrogen and oxygen atoms in total. The summed E-state index contributed by atoms with van der Waals surface area (Å²) in [5.74, 6) is -0.952. The fourth-order valence-electron chi connectivity index (χ4n) is 2.23. The Labute approximate surface area is 129 Å². The molecule has 0 aromatic heterocycles. The van der Waals surface area contributed by atoms with Crippen LogP contribution in [0.2, 0.25) is 0 Å². The Bertz CT molecular complexity index is 435. The first-order chi connectivity index (χ1) is 9.11. The van der Waals surface area contributed by atoms with Gasteiger partial charge in [-0.25, -0.2) is 8.78 Å². The van der Waals surface area contributed by atoms with Crippen molar-refractivity contribution in [1.29, 1.82) is 0 Å². The first-order valence-corrected chi connectivity index (χ1v) is 8.16. The highest BCUT2D eigenvalue weighted by molar-refractivity contribution is 9.10. The number of rotatable bonds is 4. The monoisotopic (exact) mass is 396 g/mol. The molecule has 106 valence electrons. The lowest BCUT2D eigenvalue weighted by Gasteiger charge is -2.34. The minimum Gasteiger partial charge on any atom is -0.300 e. The van der Waals surface area contributed by atoms with Crippen molar-refractivity contribution >= 4 is 31.9 Å². The second-order valence-electron chi connectivity index (χ2n) is 4.63. The van der Waals surface area contributed by atoms with Crippen molar-refractivity contribution in [2.75, 3.05) is 38.1 Å². The highest BCUT2D eigenvalue weighted by atomic mass is 79.9. The summed E-state index contributed by atoms with van der Waals surface area (Å²) in [5.41, 5.74) is 0.156. The summed E-state index contributed by atoms with van der Waals surface area (Å²) in [7, 11) is 0. The molecule has 1 fully saturated rings. The maximum absolute atomic E-state index is 13.9. The molecule has 19 heavy (non-hydrogen) atoms. The van der Waals surface area contributed by atoms with Crippen molar-refractivity contribution in [2.24, 2.45) is 0 Å². The van der Waals surface area contributed by atoms with Gasteiger partial charge in [0.15, 0.2) is 0 Å². The largest absolute Gasteiger partial charge is 0.300 e. The molecule has 0 bridgehead atoms. The zero-order chi connectivity index (χ0) is 13.8. The molecule has 1 aromatic rings. The van der Waals surface area contributed by atoms with Gasteiger partial charge in [0.05, 0.1) is 4.47 Å². The summed E-state index contributed by atoms with van der Waals surface area (Å²) in [6.07, 6.45) is 0. The van der Waals surface area contributed by atoms with E-state index < -0.39 is 11.6 Å². The topological polar surface area (TPSA) is 6.48 Å². The number of hydrogen-bond acceptors (Lipinski definition) is 2. The van der Waals surface area contributed by atoms with E-state index in [1.165, 1.54) is 12.1 Å². The maximum Gasteiger partial charge on any atom is 0.144 e. The van der Waals surface area contributed by atoms with Crippen LogP contribution in [0.3, 0.4) is 0 Å². The van der Waals surface area contributed by atoms with Crippen LogP contribution in [0.4, 0.5) is 8.78 Å². The summed E-state index contributed by atoms with van der Waals surface area (Å²) in [6.45, 7) is 4.94. The van der Waals surface area contributed by atoms with Crippen LogP contribution in [0.5, 0.6) is 0 Å². The summed E-state index contributed by atoms with van der Waals surface area (Å²) < 4.78 is 27.9. The van der Waals surface area contributed by atoms with Crippen molar-refractivity contribution < 1.29 is 8.78 Å². The smallest absolute Gasteiger partial charge is 0.144 e. The molecule has 0 unspecified atom stereocenters. The number of nitrogens with zero attached hydrogens (tertiary/aromatic N) is 2. The van der Waals surface area contributed by atoms with Gasteiger partial charge in [0.25, 0.3) is 0 Å². The molecule has 0 aliphatic carbocycles. The van der Waals surface area contributed by atoms with Gasteiger partial charge >= 0.3 is 0 Å². The molecule has 0 saturated carbocycles. The van der Waals surface area contributed by atoms with E-state index >= 15 is 0 Å². The Hall–Kier alpha value is -0.0400. The second-order valence-corrected chi connectivity index (χ2v) is 6.28. The molecule has 2 rings (SSSR count). The van der Waals surface area contributed by atoms with Crippen LogP contribution in [-0.4, -0.2) is 47.9 Å². The maximum atomic E-state index is 13.9. The van der Waals surface area contributed by atoms with Gasteiger partial charge in [0, 0.05) is 50.2 Å². The molecule has 0 N–H and O–H groups in total. The van der Waals surface area contributed by atoms with E-state index in [1.807, 2.05) is 0 Å². The molecule has 0 amide bonds. The molecule has 1 saturated heterocycles. The Morgan fingerprint density at radius 3 is 2.32 bits per heavy atom. The van der Waals surface area contributed by atoms with E-state index in [-0.39, 0.29) is 5.56 Å². The summed E-state index contributed by atoms with van der Waals surface area (Å²) >= 11 is 6.52. The van der Waals surface area contributed by atoms with Crippen LogP contribution in [-0.2, 0) is 6.54 Å². The number of hydrogen-bond donors (Lipinski definition) is 0. The molecule has 1 aromatic carbocycles. The van der Waals surface area contributed by atoms with Crippen LogP contribution in [0.25, 0.3) is 0 Å². The van der Waals surface area contributed by atoms with Crippen molar-refractivity contribution in [3.05, 3.63) is 33.8 Å². The molecule has 0 atom stereocenters. The van der Waals surface area contributed by atoms with Gasteiger partial charge in [-0.2, -0.15) is 0 Å². The van der Waals surface area contributed by atoms with Crippen LogP contribution in [0.15, 0.2) is 16.6 Å². The molecular formula is C13H16Br2F2N2. The van der Waals surface area contributed by atoms with Gasteiger partial charge in [-0.1, -0.05) is 15.9 Å². The minimum atomic E-state index is -0.483. The number of alkyl halides is 1. The van der Waals surface area contributed by atoms with Gasteiger partial charge < -0.3 is 0 Å². The highest BCUT2D eigenvalue weighted by Gasteiger charge is 2.20. The predicted octanol–water partition coefficient (Wildman–Crippen LogP) is 3.24. The van der Waals surface area contributed by atoms with Crippen LogP contribution in [0.1, 0.15) is 5.56 Å². The number of halogens is 4. The van der Waals surface area contributed by atoms with E-state index in [2.05, 4.69) is 41.7 Å². The zero-order valence-corrected chi connectivity index (χ0v) is 13.7. The predicted molar refractivity (Wildman–Crippen MR) is 79.6 cm³/mol. The zero-order valence-electron chi connectivity index (χ0n) is 10.5. The molecule has 1 aliphatic heterocycles. The van der Waals surface area contributed by atoms with E-state index in [9.17, 15) is 8.78 Å². The highest BCUT2D eigenvalue weighted by Crippen LogP contribution is 2.23. The van der Waals surface area contributed by atoms with Gasteiger partial charge in [-0.05, 0) is 28.1 Å². The molecule has 0 radical (unpaired) electrons. The average molecular weight is 398 g/mol. The quantitative estimate of drug-likeness (QED) is 0.568. The summed E-state index contributed by atoms with van der Waals surface area (Å²) in [6, 6.07) is 2.71. The molecule has 0 spiro atoms. The molecule has 1 aliphatic rings. The third kappa shape index (κ3) is 3.97. The Morgan fingerprint density at radius 2 is 1.68 bits per heavy atom. The van der Waals surface area contributed by atoms with E-state index in [4.69, 9.17) is 0 Å². The van der Waals surface area contributed by atoms with Gasteiger partial charge in [-0.3, -0.25) is 9.80 Å². The van der Waals surface area contributed by atoms with Crippen LogP contribution < -0.4 is 0 Å². The first kappa shape index (κ1) is 15.4. The fourth-order valence-corrected chi connectivity index (χ4v) is 3.10. The Balaban J connectivity index is 1.98. The normalized spacial score (nSPS) is 17.9. The van der Waals surface area contributed by atoms with E-state index in [0.717, 1.165) is 38.1 Å². The van der Waals surface area contributed by atoms with E-state index in [0.29, 0.717) is 11.0 Å². The third-order valence-corrected chi connectivity index (χ3v) is 4.35. The fraction of sp³-hybridized carbons (Fsp3) is 0.538. The van der Waals surface area contributed by atoms with Gasteiger partial charge in [0.2, 0.25) is 0 Å². The minimum absolute atomic E-state index is 0.156. The number of piperazine rings is 1. The van der Waals surface area contributed by atoms with Crippen LogP contribution >= 0.6 is 31.9 Å². The lowest BCUT2D eigenvalue weighted by Crippen LogP contribution is -2.46. The lowest BCUT2D eigenvalue weighted by atomic mass is 10.1. The Morgan fingerprint density at radius 1 is 1.05 bits per heavy atom. The molecule has 1 heterocycles. The van der Waals surface area contributed by atoms with Crippen molar-refractivity contribution in [3.8, 4) is 0 Å².